The molecule has 0 atom stereocenters. The number of hydrogen-bond donors (Lipinski definition) is 3. The Morgan fingerprint density at radius 1 is 1.16 bits per heavy atom. The average molecular weight is 346 g/mol. The van der Waals surface area contributed by atoms with Gasteiger partial charge in [-0.3, -0.25) is 4.72 Å². The number of nitrogens with one attached hydrogen (secondary N) is 3. The second-order valence-electron chi connectivity index (χ2n) is 5.40. The van der Waals surface area contributed by atoms with Crippen LogP contribution in [-0.4, -0.2) is 22.0 Å². The van der Waals surface area contributed by atoms with Crippen molar-refractivity contribution < 1.29 is 0 Å². The molecular weight excluding hydrogens is 332 g/mol. The summed E-state index contributed by atoms with van der Waals surface area (Å²) in [5, 5.41) is 14.4. The highest BCUT2D eigenvalue weighted by Crippen LogP contribution is 2.31. The predicted molar refractivity (Wildman–Crippen MR) is 101 cm³/mol. The van der Waals surface area contributed by atoms with Gasteiger partial charge in [-0.15, -0.1) is 0 Å². The third kappa shape index (κ3) is 2.89. The van der Waals surface area contributed by atoms with E-state index in [0.29, 0.717) is 5.56 Å². The van der Waals surface area contributed by atoms with E-state index < -0.39 is 0 Å². The summed E-state index contributed by atoms with van der Waals surface area (Å²) < 4.78 is 3.07. The standard InChI is InChI=1S/C18H14N6S/c1-20-25-13-4-2-3-12(8-13)23-17-16-14-6-5-11(9-19)7-15(14)24-18(16)22-10-21-17/h2-8,10,20H,1H3,(H2,21,22,23,24). The molecule has 7 heteroatoms. The molecule has 4 aromatic rings. The number of H-pyrrole nitrogens is 1. The normalized spacial score (nSPS) is 10.9. The van der Waals surface area contributed by atoms with Crippen molar-refractivity contribution in [2.24, 2.45) is 0 Å². The SMILES string of the molecule is CNSc1cccc(Nc2ncnc3[nH]c4cc(C#N)ccc4c23)c1. The summed E-state index contributed by atoms with van der Waals surface area (Å²) in [5.41, 5.74) is 3.17. The second kappa shape index (κ2) is 6.43. The van der Waals surface area contributed by atoms with Crippen LogP contribution in [0.25, 0.3) is 21.9 Å². The van der Waals surface area contributed by atoms with Gasteiger partial charge in [0.2, 0.25) is 0 Å². The molecule has 0 bridgehead atoms. The van der Waals surface area contributed by atoms with Crippen LogP contribution in [0.15, 0.2) is 53.7 Å². The molecule has 4 rings (SSSR count). The van der Waals surface area contributed by atoms with E-state index in [2.05, 4.69) is 37.1 Å². The van der Waals surface area contributed by atoms with E-state index in [0.717, 1.165) is 38.3 Å². The second-order valence-corrected chi connectivity index (χ2v) is 6.49. The van der Waals surface area contributed by atoms with Crippen LogP contribution in [0.3, 0.4) is 0 Å². The van der Waals surface area contributed by atoms with Gasteiger partial charge in [0.15, 0.2) is 0 Å². The highest BCUT2D eigenvalue weighted by atomic mass is 32.2. The number of hydrogen-bond acceptors (Lipinski definition) is 6. The Morgan fingerprint density at radius 3 is 2.92 bits per heavy atom. The molecular formula is C18H14N6S. The lowest BCUT2D eigenvalue weighted by molar-refractivity contribution is 1.20. The van der Waals surface area contributed by atoms with Crippen molar-refractivity contribution in [1.29, 1.82) is 5.26 Å². The monoisotopic (exact) mass is 346 g/mol. The number of aromatic nitrogens is 3. The molecule has 0 aliphatic carbocycles. The Hall–Kier alpha value is -3.08. The predicted octanol–water partition coefficient (Wildman–Crippen LogP) is 3.95. The molecule has 2 heterocycles. The molecule has 0 aliphatic rings. The highest BCUT2D eigenvalue weighted by molar-refractivity contribution is 7.97. The van der Waals surface area contributed by atoms with Crippen molar-refractivity contribution in [2.45, 2.75) is 4.90 Å². The first-order valence-corrected chi connectivity index (χ1v) is 8.47. The van der Waals surface area contributed by atoms with Gasteiger partial charge in [0.05, 0.1) is 17.0 Å². The molecule has 0 radical (unpaired) electrons. The fourth-order valence-corrected chi connectivity index (χ4v) is 3.35. The van der Waals surface area contributed by atoms with E-state index in [4.69, 9.17) is 5.26 Å². The van der Waals surface area contributed by atoms with Crippen LogP contribution in [0.4, 0.5) is 11.5 Å². The van der Waals surface area contributed by atoms with Crippen LogP contribution in [0.5, 0.6) is 0 Å². The lowest BCUT2D eigenvalue weighted by Crippen LogP contribution is -1.96. The Balaban J connectivity index is 1.82. The van der Waals surface area contributed by atoms with Crippen molar-refractivity contribution in [3.05, 3.63) is 54.4 Å². The van der Waals surface area contributed by atoms with Gasteiger partial charge in [-0.25, -0.2) is 9.97 Å². The van der Waals surface area contributed by atoms with Gasteiger partial charge in [-0.05, 0) is 49.3 Å². The minimum absolute atomic E-state index is 0.610. The van der Waals surface area contributed by atoms with Gasteiger partial charge in [-0.1, -0.05) is 12.1 Å². The van der Waals surface area contributed by atoms with E-state index in [9.17, 15) is 0 Å². The molecule has 6 nitrogen and oxygen atoms in total. The summed E-state index contributed by atoms with van der Waals surface area (Å²) in [4.78, 5) is 13.1. The summed E-state index contributed by atoms with van der Waals surface area (Å²) in [7, 11) is 1.89. The lowest BCUT2D eigenvalue weighted by atomic mass is 10.1. The van der Waals surface area contributed by atoms with Gasteiger partial charge in [0, 0.05) is 21.5 Å². The first-order chi connectivity index (χ1) is 12.3. The summed E-state index contributed by atoms with van der Waals surface area (Å²) >= 11 is 1.55. The molecule has 2 aromatic heterocycles. The van der Waals surface area contributed by atoms with Crippen LogP contribution in [0.2, 0.25) is 0 Å². The zero-order valence-electron chi connectivity index (χ0n) is 13.4. The van der Waals surface area contributed by atoms with Crippen molar-refractivity contribution in [2.75, 3.05) is 12.4 Å². The summed E-state index contributed by atoms with van der Waals surface area (Å²) in [6, 6.07) is 15.8. The molecule has 0 spiro atoms. The molecule has 0 amide bonds. The van der Waals surface area contributed by atoms with Crippen LogP contribution in [0, 0.1) is 11.3 Å². The van der Waals surface area contributed by atoms with E-state index in [1.807, 2.05) is 37.4 Å². The van der Waals surface area contributed by atoms with Gasteiger partial charge >= 0.3 is 0 Å². The quantitative estimate of drug-likeness (QED) is 0.485. The Morgan fingerprint density at radius 2 is 2.08 bits per heavy atom. The average Bonchev–Trinajstić information content (AvgIpc) is 3.01. The fourth-order valence-electron chi connectivity index (χ4n) is 2.78. The van der Waals surface area contributed by atoms with E-state index in [-0.39, 0.29) is 0 Å². The maximum absolute atomic E-state index is 9.08. The number of rotatable bonds is 4. The first kappa shape index (κ1) is 15.4. The molecule has 0 saturated heterocycles. The number of nitriles is 1. The van der Waals surface area contributed by atoms with Gasteiger partial charge in [0.1, 0.15) is 17.8 Å². The minimum Gasteiger partial charge on any atom is -0.340 e. The number of aromatic amines is 1. The molecule has 0 aliphatic heterocycles. The summed E-state index contributed by atoms with van der Waals surface area (Å²) in [5.74, 6) is 0.729. The van der Waals surface area contributed by atoms with Crippen molar-refractivity contribution in [3.8, 4) is 6.07 Å². The van der Waals surface area contributed by atoms with Crippen LogP contribution in [-0.2, 0) is 0 Å². The van der Waals surface area contributed by atoms with Gasteiger partial charge in [-0.2, -0.15) is 5.26 Å². The summed E-state index contributed by atoms with van der Waals surface area (Å²) in [6.07, 6.45) is 1.53. The Kier molecular flexibility index (Phi) is 3.98. The Bertz CT molecular complexity index is 1110. The zero-order valence-corrected chi connectivity index (χ0v) is 14.2. The van der Waals surface area contributed by atoms with Crippen molar-refractivity contribution in [3.63, 3.8) is 0 Å². The topological polar surface area (TPSA) is 89.4 Å². The maximum atomic E-state index is 9.08. The first-order valence-electron chi connectivity index (χ1n) is 7.65. The smallest absolute Gasteiger partial charge is 0.143 e. The summed E-state index contributed by atoms with van der Waals surface area (Å²) in [6.45, 7) is 0. The van der Waals surface area contributed by atoms with Gasteiger partial charge < -0.3 is 10.3 Å². The van der Waals surface area contributed by atoms with Crippen molar-refractivity contribution >= 4 is 45.4 Å². The third-order valence-corrected chi connectivity index (χ3v) is 4.53. The van der Waals surface area contributed by atoms with Crippen molar-refractivity contribution in [1.82, 2.24) is 19.7 Å². The van der Waals surface area contributed by atoms with Crippen LogP contribution in [0.1, 0.15) is 5.56 Å². The molecule has 122 valence electrons. The van der Waals surface area contributed by atoms with Crippen LogP contribution >= 0.6 is 11.9 Å². The maximum Gasteiger partial charge on any atom is 0.143 e. The molecule has 0 fully saturated rings. The number of nitrogens with zero attached hydrogens (tertiary/aromatic N) is 3. The number of anilines is 2. The third-order valence-electron chi connectivity index (χ3n) is 3.84. The molecule has 0 saturated carbocycles. The van der Waals surface area contributed by atoms with E-state index >= 15 is 0 Å². The molecule has 3 N–H and O–H groups in total. The van der Waals surface area contributed by atoms with Crippen LogP contribution < -0.4 is 10.0 Å². The van der Waals surface area contributed by atoms with E-state index in [1.54, 1.807) is 18.0 Å². The zero-order chi connectivity index (χ0) is 17.2. The number of fused-ring (bicyclic) bond motifs is 3. The number of benzene rings is 2. The molecule has 2 aromatic carbocycles. The fraction of sp³-hybridized carbons (Fsp3) is 0.0556. The Labute approximate surface area is 148 Å². The largest absolute Gasteiger partial charge is 0.340 e. The molecule has 25 heavy (non-hydrogen) atoms. The lowest BCUT2D eigenvalue weighted by Gasteiger charge is -2.08. The molecule has 0 unspecified atom stereocenters. The minimum atomic E-state index is 0.610. The van der Waals surface area contributed by atoms with E-state index in [1.165, 1.54) is 6.33 Å². The highest BCUT2D eigenvalue weighted by Gasteiger charge is 2.12. The van der Waals surface area contributed by atoms with Gasteiger partial charge in [0.25, 0.3) is 0 Å².